The first kappa shape index (κ1) is 23.8. The third-order valence-electron chi connectivity index (χ3n) is 0. The van der Waals surface area contributed by atoms with E-state index < -0.39 is 0 Å². The molecular formula is HIK2S. The molecule has 0 aromatic heterocycles. The quantitative estimate of drug-likeness (QED) is 0.175. The number of halogens is 1. The number of hydrogen-bond acceptors (Lipinski definition) is 1. The van der Waals surface area contributed by atoms with Crippen molar-refractivity contribution in [3.8, 4) is 0 Å². The maximum Gasteiger partial charge on any atom is 1.00 e. The van der Waals surface area contributed by atoms with Crippen molar-refractivity contribution in [2.75, 3.05) is 0 Å². The molecule has 0 nitrogen and oxygen atoms in total. The molecule has 0 saturated carbocycles. The Morgan fingerprint density at radius 3 is 0.750 bits per heavy atom. The summed E-state index contributed by atoms with van der Waals surface area (Å²) in [6, 6.07) is 0. The minimum atomic E-state index is 0. The van der Waals surface area contributed by atoms with Gasteiger partial charge in [0.05, 0.1) is 0 Å². The number of thiol groups is 1. The number of rotatable bonds is 0. The van der Waals surface area contributed by atoms with E-state index in [1.807, 2.05) is 0 Å². The van der Waals surface area contributed by atoms with Crippen LogP contribution in [0, 0.1) is 0 Å². The van der Waals surface area contributed by atoms with E-state index in [0.29, 0.717) is 0 Å². The van der Waals surface area contributed by atoms with Gasteiger partial charge in [0.25, 0.3) is 0 Å². The predicted molar refractivity (Wildman–Crippen MR) is 8.76 cm³/mol. The third-order valence-corrected chi connectivity index (χ3v) is 0. The molecule has 0 aliphatic rings. The molecule has 0 bridgehead atoms. The average Bonchev–Trinajstić information content (AvgIpc) is 0. The summed E-state index contributed by atoms with van der Waals surface area (Å²) < 4.78 is 0. The van der Waals surface area contributed by atoms with Crippen LogP contribution in [-0.4, -0.2) is 0 Å². The van der Waals surface area contributed by atoms with Gasteiger partial charge in [-0.2, -0.15) is 0 Å². The Labute approximate surface area is 136 Å². The minimum Gasteiger partial charge on any atom is -1.00 e. The van der Waals surface area contributed by atoms with Gasteiger partial charge in [0.2, 0.25) is 0 Å². The zero-order chi connectivity index (χ0) is 0. The van der Waals surface area contributed by atoms with Gasteiger partial charge < -0.3 is 37.5 Å². The van der Waals surface area contributed by atoms with Crippen molar-refractivity contribution in [2.24, 2.45) is 0 Å². The molecule has 0 aliphatic carbocycles. The van der Waals surface area contributed by atoms with Gasteiger partial charge >= 0.3 is 103 Å². The topological polar surface area (TPSA) is 0 Å². The zero-order valence-corrected chi connectivity index (χ0v) is 12.1. The predicted octanol–water partition coefficient (Wildman–Crippen LogP) is -9.26. The van der Waals surface area contributed by atoms with Gasteiger partial charge in [-0.1, -0.05) is 0 Å². The largest absolute Gasteiger partial charge is 1.00 e. The van der Waals surface area contributed by atoms with Crippen LogP contribution in [0.3, 0.4) is 0 Å². The molecule has 4 heavy (non-hydrogen) atoms. The second-order valence-electron chi connectivity index (χ2n) is 0. The first-order valence-corrected chi connectivity index (χ1v) is 0. The average molecular weight is 238 g/mol. The van der Waals surface area contributed by atoms with E-state index in [1.54, 1.807) is 0 Å². The molecule has 0 fully saturated rings. The van der Waals surface area contributed by atoms with Crippen molar-refractivity contribution in [1.29, 1.82) is 0 Å². The van der Waals surface area contributed by atoms with E-state index in [4.69, 9.17) is 0 Å². The molecule has 4 heteroatoms. The first-order chi connectivity index (χ1) is 0. The molecule has 0 saturated heterocycles. The summed E-state index contributed by atoms with van der Waals surface area (Å²) in [4.78, 5) is 0. The first-order valence-electron chi connectivity index (χ1n) is 0. The van der Waals surface area contributed by atoms with E-state index in [9.17, 15) is 0 Å². The Morgan fingerprint density at radius 2 is 0.750 bits per heavy atom. The normalized spacial score (nSPS) is 0. The Kier molecular flexibility index (Phi) is 93.3. The van der Waals surface area contributed by atoms with Gasteiger partial charge in [-0.25, -0.2) is 0 Å². The van der Waals surface area contributed by atoms with Gasteiger partial charge in [-0.3, -0.25) is 0 Å². The van der Waals surface area contributed by atoms with Crippen LogP contribution < -0.4 is 127 Å². The Balaban J connectivity index is 0. The smallest absolute Gasteiger partial charge is 1.00 e. The van der Waals surface area contributed by atoms with E-state index in [2.05, 4.69) is 0 Å². The van der Waals surface area contributed by atoms with Crippen molar-refractivity contribution in [3.63, 3.8) is 0 Å². The Bertz CT molecular complexity index is 6.00. The molecule has 0 atom stereocenters. The molecular weight excluding hydrogens is 237 g/mol. The van der Waals surface area contributed by atoms with Crippen LogP contribution in [0.5, 0.6) is 0 Å². The molecule has 0 aromatic rings. The van der Waals surface area contributed by atoms with Crippen LogP contribution in [0.4, 0.5) is 0 Å². The SMILES string of the molecule is [I-].[K+].[K+].[SH-]. The monoisotopic (exact) mass is 238 g/mol. The van der Waals surface area contributed by atoms with Crippen molar-refractivity contribution in [2.45, 2.75) is 0 Å². The summed E-state index contributed by atoms with van der Waals surface area (Å²) in [6.07, 6.45) is 0. The van der Waals surface area contributed by atoms with E-state index in [-0.39, 0.29) is 140 Å². The summed E-state index contributed by atoms with van der Waals surface area (Å²) in [5.41, 5.74) is 0. The molecule has 0 rings (SSSR count). The molecule has 16 valence electrons. The molecule has 0 aliphatic heterocycles. The van der Waals surface area contributed by atoms with Crippen LogP contribution in [0.15, 0.2) is 0 Å². The maximum absolute atomic E-state index is 0. The van der Waals surface area contributed by atoms with Gasteiger partial charge in [-0.15, -0.1) is 0 Å². The van der Waals surface area contributed by atoms with Crippen molar-refractivity contribution in [3.05, 3.63) is 0 Å². The molecule has 0 unspecified atom stereocenters. The van der Waals surface area contributed by atoms with E-state index in [1.165, 1.54) is 0 Å². The van der Waals surface area contributed by atoms with Crippen molar-refractivity contribution in [1.82, 2.24) is 0 Å². The molecule has 0 aromatic carbocycles. The van der Waals surface area contributed by atoms with Gasteiger partial charge in [-0.05, 0) is 0 Å². The fourth-order valence-electron chi connectivity index (χ4n) is 0. The summed E-state index contributed by atoms with van der Waals surface area (Å²) in [6.45, 7) is 0. The third kappa shape index (κ3) is 9.61. The minimum absolute atomic E-state index is 0. The van der Waals surface area contributed by atoms with Crippen molar-refractivity contribution < 1.29 is 127 Å². The summed E-state index contributed by atoms with van der Waals surface area (Å²) in [5.74, 6) is 0. The standard InChI is InChI=1S/HI.2K.H2S/h1H;;;1H2/q;2*+1;/p-2. The van der Waals surface area contributed by atoms with Gasteiger partial charge in [0.1, 0.15) is 0 Å². The second kappa shape index (κ2) is 15.7. The number of hydrogen-bond donors (Lipinski definition) is 0. The molecule has 0 spiro atoms. The summed E-state index contributed by atoms with van der Waals surface area (Å²) in [5, 5.41) is 0. The summed E-state index contributed by atoms with van der Waals surface area (Å²) >= 11 is 0. The van der Waals surface area contributed by atoms with Crippen LogP contribution in [0.2, 0.25) is 0 Å². The molecule has 0 radical (unpaired) electrons. The van der Waals surface area contributed by atoms with E-state index in [0.717, 1.165) is 0 Å². The summed E-state index contributed by atoms with van der Waals surface area (Å²) in [7, 11) is 0. The Morgan fingerprint density at radius 1 is 0.750 bits per heavy atom. The van der Waals surface area contributed by atoms with Crippen LogP contribution in [0.1, 0.15) is 0 Å². The fraction of sp³-hybridized carbons (Fsp3) is 0. The zero-order valence-electron chi connectivity index (χ0n) is 2.83. The molecule has 0 heterocycles. The maximum atomic E-state index is 0. The van der Waals surface area contributed by atoms with Crippen LogP contribution in [0.25, 0.3) is 0 Å². The van der Waals surface area contributed by atoms with Gasteiger partial charge in [0.15, 0.2) is 0 Å². The Hall–Kier alpha value is 4.35. The van der Waals surface area contributed by atoms with E-state index >= 15 is 0 Å². The van der Waals surface area contributed by atoms with Crippen LogP contribution >= 0.6 is 0 Å². The molecule has 0 amide bonds. The molecule has 0 N–H and O–H groups in total. The van der Waals surface area contributed by atoms with Crippen molar-refractivity contribution >= 4 is 13.5 Å². The van der Waals surface area contributed by atoms with Gasteiger partial charge in [0, 0.05) is 0 Å². The van der Waals surface area contributed by atoms with Crippen LogP contribution in [-0.2, 0) is 13.5 Å². The fourth-order valence-corrected chi connectivity index (χ4v) is 0. The second-order valence-corrected chi connectivity index (χ2v) is 0.